The molecule has 4 amide bonds. The van der Waals surface area contributed by atoms with Gasteiger partial charge in [0.25, 0.3) is 0 Å². The highest BCUT2D eigenvalue weighted by Crippen LogP contribution is 2.21. The normalized spacial score (nSPS) is 17.2. The molecule has 1 saturated heterocycles. The number of nitrogens with one attached hydrogen (secondary N) is 3. The van der Waals surface area contributed by atoms with E-state index in [1.54, 1.807) is 6.20 Å². The number of carbonyl (C=O) groups is 5. The van der Waals surface area contributed by atoms with Gasteiger partial charge in [-0.1, -0.05) is 18.2 Å². The van der Waals surface area contributed by atoms with Crippen molar-refractivity contribution in [3.8, 4) is 0 Å². The fourth-order valence-electron chi connectivity index (χ4n) is 4.97. The fraction of sp³-hybridized carbons (Fsp3) is 0.519. The van der Waals surface area contributed by atoms with Crippen molar-refractivity contribution in [2.24, 2.45) is 17.2 Å². The minimum absolute atomic E-state index is 0.0681. The maximum atomic E-state index is 13.6. The van der Waals surface area contributed by atoms with E-state index in [1.807, 2.05) is 24.3 Å². The van der Waals surface area contributed by atoms with E-state index in [-0.39, 0.29) is 32.2 Å². The summed E-state index contributed by atoms with van der Waals surface area (Å²) in [7, 11) is 0. The van der Waals surface area contributed by atoms with Crippen LogP contribution in [0, 0.1) is 0 Å². The van der Waals surface area contributed by atoms with Crippen molar-refractivity contribution in [1.29, 1.82) is 0 Å². The van der Waals surface area contributed by atoms with Gasteiger partial charge in [0, 0.05) is 30.1 Å². The molecular weight excluding hydrogens is 518 g/mol. The summed E-state index contributed by atoms with van der Waals surface area (Å²) in [5.74, 6) is -3.53. The van der Waals surface area contributed by atoms with Gasteiger partial charge in [0.15, 0.2) is 0 Å². The average molecular weight is 558 g/mol. The lowest BCUT2D eigenvalue weighted by molar-refractivity contribution is -0.145. The number of hydrogen-bond acceptors (Lipinski definition) is 7. The van der Waals surface area contributed by atoms with Crippen molar-refractivity contribution < 1.29 is 29.1 Å². The van der Waals surface area contributed by atoms with Gasteiger partial charge in [-0.25, -0.2) is 4.79 Å². The molecule has 3 rings (SSSR count). The van der Waals surface area contributed by atoms with E-state index in [4.69, 9.17) is 17.2 Å². The van der Waals surface area contributed by atoms with Gasteiger partial charge in [-0.2, -0.15) is 0 Å². The fourth-order valence-corrected chi connectivity index (χ4v) is 4.97. The molecule has 4 unspecified atom stereocenters. The van der Waals surface area contributed by atoms with Crippen LogP contribution in [0.5, 0.6) is 0 Å². The van der Waals surface area contributed by atoms with Gasteiger partial charge >= 0.3 is 5.97 Å². The van der Waals surface area contributed by atoms with Crippen LogP contribution in [0.1, 0.15) is 50.5 Å². The molecule has 40 heavy (non-hydrogen) atoms. The summed E-state index contributed by atoms with van der Waals surface area (Å²) in [6.45, 7) is 0.654. The Morgan fingerprint density at radius 2 is 1.82 bits per heavy atom. The highest BCUT2D eigenvalue weighted by Gasteiger charge is 2.39. The molecule has 1 aromatic carbocycles. The number of benzene rings is 1. The molecule has 1 fully saturated rings. The largest absolute Gasteiger partial charge is 0.480 e. The molecule has 13 heteroatoms. The molecule has 218 valence electrons. The number of primary amides is 1. The third kappa shape index (κ3) is 8.02. The second-order valence-electron chi connectivity index (χ2n) is 10.1. The van der Waals surface area contributed by atoms with Crippen LogP contribution < -0.4 is 27.8 Å². The zero-order valence-corrected chi connectivity index (χ0v) is 22.4. The van der Waals surface area contributed by atoms with Crippen LogP contribution >= 0.6 is 0 Å². The molecule has 13 nitrogen and oxygen atoms in total. The molecule has 0 aliphatic carbocycles. The van der Waals surface area contributed by atoms with E-state index < -0.39 is 53.8 Å². The number of rotatable bonds is 15. The number of H-pyrrole nitrogens is 1. The van der Waals surface area contributed by atoms with Crippen molar-refractivity contribution in [2.75, 3.05) is 13.1 Å². The summed E-state index contributed by atoms with van der Waals surface area (Å²) < 4.78 is 0. The molecule has 1 aromatic heterocycles. The predicted octanol–water partition coefficient (Wildman–Crippen LogP) is -0.523. The Kier molecular flexibility index (Phi) is 11.0. The second kappa shape index (κ2) is 14.4. The number of carbonyl (C=O) groups excluding carboxylic acids is 4. The van der Waals surface area contributed by atoms with Gasteiger partial charge in [-0.05, 0) is 63.1 Å². The number of amides is 4. The topological polar surface area (TPSA) is 227 Å². The van der Waals surface area contributed by atoms with E-state index in [0.717, 1.165) is 16.5 Å². The summed E-state index contributed by atoms with van der Waals surface area (Å²) in [6, 6.07) is 3.46. The lowest BCUT2D eigenvalue weighted by atomic mass is 10.0. The van der Waals surface area contributed by atoms with Gasteiger partial charge in [-0.3, -0.25) is 19.2 Å². The van der Waals surface area contributed by atoms with Crippen LogP contribution in [-0.4, -0.2) is 81.8 Å². The number of unbranched alkanes of at least 4 members (excludes halogenated alkanes) is 1. The third-order valence-corrected chi connectivity index (χ3v) is 7.15. The number of aromatic amines is 1. The first-order valence-electron chi connectivity index (χ1n) is 13.5. The Morgan fingerprint density at radius 3 is 2.52 bits per heavy atom. The zero-order valence-electron chi connectivity index (χ0n) is 22.4. The molecule has 0 saturated carbocycles. The van der Waals surface area contributed by atoms with Gasteiger partial charge in [0.05, 0.1) is 6.04 Å². The van der Waals surface area contributed by atoms with Crippen molar-refractivity contribution in [2.45, 2.75) is 75.5 Å². The predicted molar refractivity (Wildman–Crippen MR) is 148 cm³/mol. The Bertz CT molecular complexity index is 1210. The van der Waals surface area contributed by atoms with Crippen LogP contribution in [0.2, 0.25) is 0 Å². The lowest BCUT2D eigenvalue weighted by Gasteiger charge is -2.30. The van der Waals surface area contributed by atoms with E-state index in [9.17, 15) is 29.1 Å². The summed E-state index contributed by atoms with van der Waals surface area (Å²) in [5.41, 5.74) is 18.7. The first kappa shape index (κ1) is 30.6. The molecule has 0 bridgehead atoms. The SMILES string of the molecule is NCCCCC(NC(=O)C1CCCN1C(=O)C(CCC(N)=O)NC(=O)C(N)Cc1c[nH]c2ccccc12)C(=O)O. The average Bonchev–Trinajstić information content (AvgIpc) is 3.57. The number of nitrogens with zero attached hydrogens (tertiary/aromatic N) is 1. The molecule has 10 N–H and O–H groups in total. The smallest absolute Gasteiger partial charge is 0.326 e. The monoisotopic (exact) mass is 557 g/mol. The highest BCUT2D eigenvalue weighted by molar-refractivity contribution is 5.95. The first-order chi connectivity index (χ1) is 19.1. The summed E-state index contributed by atoms with van der Waals surface area (Å²) in [5, 5.41) is 15.6. The summed E-state index contributed by atoms with van der Waals surface area (Å²) in [6.07, 6.45) is 3.98. The summed E-state index contributed by atoms with van der Waals surface area (Å²) >= 11 is 0. The Morgan fingerprint density at radius 1 is 1.07 bits per heavy atom. The minimum atomic E-state index is -1.17. The van der Waals surface area contributed by atoms with E-state index in [1.165, 1.54) is 4.90 Å². The van der Waals surface area contributed by atoms with Crippen LogP contribution in [0.25, 0.3) is 10.9 Å². The Labute approximate surface area is 232 Å². The molecular formula is C27H39N7O6. The number of likely N-dealkylation sites (tertiary alicyclic amines) is 1. The zero-order chi connectivity index (χ0) is 29.2. The number of carboxylic acid groups (broad SMARTS) is 1. The molecule has 2 heterocycles. The quantitative estimate of drug-likeness (QED) is 0.141. The molecule has 1 aliphatic heterocycles. The Balaban J connectivity index is 1.69. The first-order valence-corrected chi connectivity index (χ1v) is 13.5. The molecule has 0 spiro atoms. The molecule has 4 atom stereocenters. The number of hydrogen-bond donors (Lipinski definition) is 7. The molecule has 0 radical (unpaired) electrons. The maximum absolute atomic E-state index is 13.6. The van der Waals surface area contributed by atoms with E-state index in [0.29, 0.717) is 32.2 Å². The van der Waals surface area contributed by atoms with Gasteiger partial charge in [0.2, 0.25) is 23.6 Å². The van der Waals surface area contributed by atoms with Crippen LogP contribution in [-0.2, 0) is 30.4 Å². The molecule has 1 aliphatic rings. The number of nitrogens with two attached hydrogens (primary N) is 3. The number of carboxylic acids is 1. The number of aliphatic carboxylic acids is 1. The molecule has 2 aromatic rings. The second-order valence-corrected chi connectivity index (χ2v) is 10.1. The van der Waals surface area contributed by atoms with Gasteiger partial charge < -0.3 is 42.8 Å². The number of aromatic nitrogens is 1. The maximum Gasteiger partial charge on any atom is 0.326 e. The van der Waals surface area contributed by atoms with E-state index in [2.05, 4.69) is 15.6 Å². The van der Waals surface area contributed by atoms with Gasteiger partial charge in [0.1, 0.15) is 18.1 Å². The minimum Gasteiger partial charge on any atom is -0.480 e. The van der Waals surface area contributed by atoms with Crippen LogP contribution in [0.4, 0.5) is 0 Å². The van der Waals surface area contributed by atoms with Gasteiger partial charge in [-0.15, -0.1) is 0 Å². The number of para-hydroxylation sites is 1. The van der Waals surface area contributed by atoms with Crippen molar-refractivity contribution in [3.05, 3.63) is 36.0 Å². The van der Waals surface area contributed by atoms with Crippen LogP contribution in [0.3, 0.4) is 0 Å². The Hall–Kier alpha value is -3.97. The third-order valence-electron chi connectivity index (χ3n) is 7.15. The van der Waals surface area contributed by atoms with Crippen molar-refractivity contribution in [1.82, 2.24) is 20.5 Å². The van der Waals surface area contributed by atoms with Crippen LogP contribution in [0.15, 0.2) is 30.5 Å². The van der Waals surface area contributed by atoms with E-state index >= 15 is 0 Å². The lowest BCUT2D eigenvalue weighted by Crippen LogP contribution is -2.57. The highest BCUT2D eigenvalue weighted by atomic mass is 16.4. The summed E-state index contributed by atoms with van der Waals surface area (Å²) in [4.78, 5) is 67.3. The number of fused-ring (bicyclic) bond motifs is 1. The van der Waals surface area contributed by atoms with Crippen molar-refractivity contribution in [3.63, 3.8) is 0 Å². The standard InChI is InChI=1S/C27H39N7O6/c28-12-4-3-8-21(27(39)40)33-25(37)22-9-5-13-34(22)26(38)20(10-11-23(30)35)32-24(36)18(29)14-16-15-31-19-7-2-1-6-17(16)19/h1-2,6-7,15,18,20-22,31H,3-5,8-14,28-29H2,(H2,30,35)(H,32,36)(H,33,37)(H,39,40). The van der Waals surface area contributed by atoms with Crippen molar-refractivity contribution >= 4 is 40.5 Å².